The summed E-state index contributed by atoms with van der Waals surface area (Å²) in [6.07, 6.45) is 1.50. The summed E-state index contributed by atoms with van der Waals surface area (Å²) < 4.78 is 10.2. The highest BCUT2D eigenvalue weighted by Gasteiger charge is 2.15. The van der Waals surface area contributed by atoms with Crippen molar-refractivity contribution in [2.45, 2.75) is 26.4 Å². The average molecular weight is 379 g/mol. The van der Waals surface area contributed by atoms with Crippen LogP contribution in [0.1, 0.15) is 36.8 Å². The third-order valence-corrected chi connectivity index (χ3v) is 4.51. The lowest BCUT2D eigenvalue weighted by molar-refractivity contribution is -0.140. The molecule has 7 heteroatoms. The number of nitrogens with zero attached hydrogens (tertiary/aromatic N) is 3. The second-order valence-electron chi connectivity index (χ2n) is 6.09. The minimum absolute atomic E-state index is 0.0927. The monoisotopic (exact) mass is 379 g/mol. The first kappa shape index (κ1) is 18.5. The Kier molecular flexibility index (Phi) is 5.79. The summed E-state index contributed by atoms with van der Waals surface area (Å²) in [7, 11) is 0. The molecule has 0 bridgehead atoms. The van der Waals surface area contributed by atoms with E-state index < -0.39 is 5.97 Å². The minimum atomic E-state index is -0.735. The highest BCUT2D eigenvalue weighted by Crippen LogP contribution is 2.19. The number of thiophene rings is 1. The van der Waals surface area contributed by atoms with Gasteiger partial charge in [0.25, 0.3) is 5.89 Å². The molecule has 0 aliphatic carbocycles. The van der Waals surface area contributed by atoms with E-state index in [0.717, 1.165) is 11.1 Å². The van der Waals surface area contributed by atoms with E-state index in [0.29, 0.717) is 11.7 Å². The van der Waals surface area contributed by atoms with Crippen molar-refractivity contribution in [3.05, 3.63) is 63.7 Å². The lowest BCUT2D eigenvalue weighted by Gasteiger charge is -2.05. The highest BCUT2D eigenvalue weighted by atomic mass is 32.1. The Hall–Kier alpha value is -3.24. The number of carbonyl (C=O) groups excluding carboxylic acids is 1. The van der Waals surface area contributed by atoms with Crippen LogP contribution in [0.5, 0.6) is 0 Å². The fourth-order valence-corrected chi connectivity index (χ4v) is 2.94. The first-order valence-corrected chi connectivity index (χ1v) is 9.25. The zero-order valence-corrected chi connectivity index (χ0v) is 15.7. The number of hydrogen-bond acceptors (Lipinski definition) is 7. The second-order valence-corrected chi connectivity index (χ2v) is 6.87. The van der Waals surface area contributed by atoms with Crippen molar-refractivity contribution in [3.63, 3.8) is 0 Å². The zero-order valence-electron chi connectivity index (χ0n) is 14.9. The molecule has 0 aliphatic heterocycles. The van der Waals surface area contributed by atoms with Gasteiger partial charge in [-0.15, -0.1) is 0 Å². The maximum atomic E-state index is 12.2. The molecule has 0 N–H and O–H groups in total. The highest BCUT2D eigenvalue weighted by molar-refractivity contribution is 7.08. The Morgan fingerprint density at radius 1 is 1.33 bits per heavy atom. The van der Waals surface area contributed by atoms with Crippen LogP contribution < -0.4 is 0 Å². The van der Waals surface area contributed by atoms with Gasteiger partial charge >= 0.3 is 5.97 Å². The molecule has 1 aromatic carbocycles. The second kappa shape index (κ2) is 8.43. The fourth-order valence-electron chi connectivity index (χ4n) is 2.31. The van der Waals surface area contributed by atoms with Gasteiger partial charge in [-0.2, -0.15) is 21.6 Å². The summed E-state index contributed by atoms with van der Waals surface area (Å²) in [5.74, 6) is 0.282. The van der Waals surface area contributed by atoms with Crippen LogP contribution in [0.15, 0.2) is 51.2 Å². The van der Waals surface area contributed by atoms with Crippen LogP contribution in [0, 0.1) is 11.3 Å². The molecule has 0 aliphatic rings. The summed E-state index contributed by atoms with van der Waals surface area (Å²) in [5, 5.41) is 16.9. The Balaban J connectivity index is 1.64. The lowest BCUT2D eigenvalue weighted by atomic mass is 10.0. The number of carbonyl (C=O) groups is 1. The van der Waals surface area contributed by atoms with Crippen LogP contribution in [0.4, 0.5) is 0 Å². The predicted octanol–water partition coefficient (Wildman–Crippen LogP) is 4.57. The first-order valence-electron chi connectivity index (χ1n) is 8.31. The molecule has 0 amide bonds. The molecule has 0 saturated heterocycles. The van der Waals surface area contributed by atoms with Gasteiger partial charge in [0.2, 0.25) is 5.82 Å². The minimum Gasteiger partial charge on any atom is -0.451 e. The maximum Gasteiger partial charge on any atom is 0.349 e. The van der Waals surface area contributed by atoms with E-state index in [2.05, 4.69) is 24.0 Å². The molecule has 6 nitrogen and oxygen atoms in total. The summed E-state index contributed by atoms with van der Waals surface area (Å²) in [5.41, 5.74) is 2.69. The van der Waals surface area contributed by atoms with Gasteiger partial charge in [-0.1, -0.05) is 43.3 Å². The molecule has 0 atom stereocenters. The van der Waals surface area contributed by atoms with Gasteiger partial charge < -0.3 is 9.26 Å². The van der Waals surface area contributed by atoms with Crippen molar-refractivity contribution in [1.29, 1.82) is 5.26 Å². The molecule has 0 fully saturated rings. The zero-order chi connectivity index (χ0) is 19.2. The van der Waals surface area contributed by atoms with Crippen LogP contribution in [0.25, 0.3) is 17.5 Å². The Bertz CT molecular complexity index is 980. The number of benzene rings is 1. The standard InChI is InChI=1S/C20H17N3O3S/c1-13(2)15-5-3-14(4-6-15)9-17(10-21)20(24)25-11-18-22-19(23-26-18)16-7-8-27-12-16/h3-9,12-13H,11H2,1-2H3/b17-9+. The van der Waals surface area contributed by atoms with E-state index in [-0.39, 0.29) is 18.1 Å². The summed E-state index contributed by atoms with van der Waals surface area (Å²) >= 11 is 1.52. The van der Waals surface area contributed by atoms with Gasteiger partial charge in [-0.05, 0) is 34.6 Å². The smallest absolute Gasteiger partial charge is 0.349 e. The van der Waals surface area contributed by atoms with Crippen molar-refractivity contribution in [2.24, 2.45) is 0 Å². The van der Waals surface area contributed by atoms with Crippen LogP contribution in [0.2, 0.25) is 0 Å². The fraction of sp³-hybridized carbons (Fsp3) is 0.200. The number of aromatic nitrogens is 2. The summed E-state index contributed by atoms with van der Waals surface area (Å²) in [4.78, 5) is 16.3. The molecule has 0 saturated carbocycles. The molecule has 27 heavy (non-hydrogen) atoms. The molecule has 0 radical (unpaired) electrons. The molecule has 2 aromatic heterocycles. The molecular weight excluding hydrogens is 362 g/mol. The normalized spacial score (nSPS) is 11.4. The van der Waals surface area contributed by atoms with Crippen LogP contribution >= 0.6 is 11.3 Å². The van der Waals surface area contributed by atoms with Gasteiger partial charge in [0.15, 0.2) is 6.61 Å². The Morgan fingerprint density at radius 2 is 2.11 bits per heavy atom. The van der Waals surface area contributed by atoms with E-state index in [1.54, 1.807) is 0 Å². The molecule has 2 heterocycles. The average Bonchev–Trinajstić information content (AvgIpc) is 3.36. The van der Waals surface area contributed by atoms with Gasteiger partial charge in [-0.25, -0.2) is 4.79 Å². The van der Waals surface area contributed by atoms with Crippen molar-refractivity contribution in [3.8, 4) is 17.5 Å². The largest absolute Gasteiger partial charge is 0.451 e. The van der Waals surface area contributed by atoms with Gasteiger partial charge in [0, 0.05) is 10.9 Å². The maximum absolute atomic E-state index is 12.2. The van der Waals surface area contributed by atoms with Crippen LogP contribution in [-0.4, -0.2) is 16.1 Å². The molecule has 0 spiro atoms. The van der Waals surface area contributed by atoms with E-state index in [4.69, 9.17) is 9.26 Å². The van der Waals surface area contributed by atoms with E-state index in [1.807, 2.05) is 47.2 Å². The van der Waals surface area contributed by atoms with Crippen molar-refractivity contribution < 1.29 is 14.1 Å². The van der Waals surface area contributed by atoms with Crippen molar-refractivity contribution in [1.82, 2.24) is 10.1 Å². The lowest BCUT2D eigenvalue weighted by Crippen LogP contribution is -2.07. The van der Waals surface area contributed by atoms with Crippen LogP contribution in [-0.2, 0) is 16.1 Å². The number of ether oxygens (including phenoxy) is 1. The number of nitriles is 1. The van der Waals surface area contributed by atoms with Gasteiger partial charge in [0.05, 0.1) is 0 Å². The first-order chi connectivity index (χ1) is 13.1. The van der Waals surface area contributed by atoms with Gasteiger partial charge in [0.1, 0.15) is 11.6 Å². The Morgan fingerprint density at radius 3 is 2.74 bits per heavy atom. The number of hydrogen-bond donors (Lipinski definition) is 0. The molecular formula is C20H17N3O3S. The molecule has 136 valence electrons. The van der Waals surface area contributed by atoms with Crippen LogP contribution in [0.3, 0.4) is 0 Å². The quantitative estimate of drug-likeness (QED) is 0.354. The number of esters is 1. The topological polar surface area (TPSA) is 89.0 Å². The third-order valence-electron chi connectivity index (χ3n) is 3.83. The third kappa shape index (κ3) is 4.68. The molecule has 3 rings (SSSR count). The van der Waals surface area contributed by atoms with Gasteiger partial charge in [-0.3, -0.25) is 0 Å². The predicted molar refractivity (Wildman–Crippen MR) is 102 cm³/mol. The summed E-state index contributed by atoms with van der Waals surface area (Å²) in [6.45, 7) is 4.01. The van der Waals surface area contributed by atoms with E-state index in [9.17, 15) is 10.1 Å². The van der Waals surface area contributed by atoms with Crippen molar-refractivity contribution >= 4 is 23.4 Å². The van der Waals surface area contributed by atoms with Crippen molar-refractivity contribution in [2.75, 3.05) is 0 Å². The Labute approximate surface area is 160 Å². The van der Waals surface area contributed by atoms with E-state index >= 15 is 0 Å². The summed E-state index contributed by atoms with van der Waals surface area (Å²) in [6, 6.07) is 11.4. The SMILES string of the molecule is CC(C)c1ccc(/C=C(\C#N)C(=O)OCc2nc(-c3ccsc3)no2)cc1. The molecule has 3 aromatic rings. The number of rotatable bonds is 6. The van der Waals surface area contributed by atoms with E-state index in [1.165, 1.54) is 23.0 Å². The molecule has 0 unspecified atom stereocenters.